The first-order valence-electron chi connectivity index (χ1n) is 13.7. The number of furan rings is 1. The van der Waals surface area contributed by atoms with Crippen molar-refractivity contribution in [3.63, 3.8) is 0 Å². The van der Waals surface area contributed by atoms with Crippen LogP contribution in [0.3, 0.4) is 0 Å². The quantitative estimate of drug-likeness (QED) is 0.184. The number of rotatable bonds is 11. The first kappa shape index (κ1) is 29.9. The Kier molecular flexibility index (Phi) is 10.6. The average molecular weight is 559 g/mol. The maximum atomic E-state index is 13.1. The third-order valence-electron chi connectivity index (χ3n) is 7.13. The fourth-order valence-corrected chi connectivity index (χ4v) is 4.98. The maximum Gasteiger partial charge on any atom is 0.475 e. The molecule has 10 nitrogen and oxygen atoms in total. The minimum atomic E-state index is -1.80. The van der Waals surface area contributed by atoms with Gasteiger partial charge in [-0.25, -0.2) is 4.79 Å². The fourth-order valence-electron chi connectivity index (χ4n) is 4.98. The number of carbonyl (C=O) groups is 2. The molecule has 0 spiro atoms. The molecule has 1 aliphatic rings. The van der Waals surface area contributed by atoms with Crippen molar-refractivity contribution in [2.75, 3.05) is 26.4 Å². The lowest BCUT2D eigenvalue weighted by molar-refractivity contribution is -0.130. The summed E-state index contributed by atoms with van der Waals surface area (Å²) in [6.07, 6.45) is 4.35. The smallest absolute Gasteiger partial charge is 0.464 e. The number of hydrogen-bond acceptors (Lipinski definition) is 8. The van der Waals surface area contributed by atoms with Crippen molar-refractivity contribution >= 4 is 36.2 Å². The summed E-state index contributed by atoms with van der Waals surface area (Å²) in [6.45, 7) is 3.66. The van der Waals surface area contributed by atoms with Crippen LogP contribution in [0, 0.1) is 11.3 Å². The topological polar surface area (TPSA) is 145 Å². The van der Waals surface area contributed by atoms with Crippen molar-refractivity contribution in [1.82, 2.24) is 10.2 Å². The molecule has 3 N–H and O–H groups in total. The molecule has 2 amide bonds. The van der Waals surface area contributed by atoms with Gasteiger partial charge in [-0.15, -0.1) is 0 Å². The lowest BCUT2D eigenvalue weighted by Crippen LogP contribution is -2.48. The summed E-state index contributed by atoms with van der Waals surface area (Å²) < 4.78 is 16.2. The Bertz CT molecular complexity index is 1410. The molecule has 1 atom stereocenters. The number of alkyl carbamates (subject to hydrolysis) is 1. The van der Waals surface area contributed by atoms with E-state index >= 15 is 0 Å². The maximum absolute atomic E-state index is 13.1. The standard InChI is InChI=1S/C30H34BN3O7/c1-2-34(25-11-13-39-14-12-25)29(35)23(19-32)17-22-7-5-6-21(16-22)10-15-40-30(36)33-28(31(37)38)18-24-20-41-27-9-4-3-8-26(24)27/h3-9,16-17,20,25,28,37-38H,2,10-15,18H2,1H3,(H,33,36)/t28-/m0/s1. The summed E-state index contributed by atoms with van der Waals surface area (Å²) in [5, 5.41) is 32.7. The third-order valence-corrected chi connectivity index (χ3v) is 7.13. The van der Waals surface area contributed by atoms with Crippen LogP contribution in [0.25, 0.3) is 17.0 Å². The van der Waals surface area contributed by atoms with Gasteiger partial charge in [0.2, 0.25) is 0 Å². The van der Waals surface area contributed by atoms with Gasteiger partial charge in [0.1, 0.15) is 17.2 Å². The summed E-state index contributed by atoms with van der Waals surface area (Å²) in [4.78, 5) is 27.3. The highest BCUT2D eigenvalue weighted by Crippen LogP contribution is 2.22. The Morgan fingerprint density at radius 3 is 2.73 bits per heavy atom. The summed E-state index contributed by atoms with van der Waals surface area (Å²) >= 11 is 0. The highest BCUT2D eigenvalue weighted by molar-refractivity contribution is 6.43. The van der Waals surface area contributed by atoms with Crippen LogP contribution < -0.4 is 5.32 Å². The van der Waals surface area contributed by atoms with E-state index in [-0.39, 0.29) is 30.5 Å². The molecular weight excluding hydrogens is 525 g/mol. The van der Waals surface area contributed by atoms with Gasteiger partial charge in [0.25, 0.3) is 5.91 Å². The molecule has 0 bridgehead atoms. The van der Waals surface area contributed by atoms with Crippen LogP contribution in [0.1, 0.15) is 36.5 Å². The Morgan fingerprint density at radius 1 is 1.22 bits per heavy atom. The summed E-state index contributed by atoms with van der Waals surface area (Å²) in [6, 6.07) is 16.8. The minimum absolute atomic E-state index is 0.0410. The molecule has 3 aromatic rings. The molecule has 1 aliphatic heterocycles. The van der Waals surface area contributed by atoms with Crippen molar-refractivity contribution in [2.45, 2.75) is 44.6 Å². The zero-order valence-corrected chi connectivity index (χ0v) is 23.0. The number of para-hydroxylation sites is 1. The molecule has 0 aliphatic carbocycles. The Hall–Kier alpha value is -4.11. The van der Waals surface area contributed by atoms with Gasteiger partial charge < -0.3 is 34.2 Å². The number of carbonyl (C=O) groups excluding carboxylic acids is 2. The van der Waals surface area contributed by atoms with Gasteiger partial charge in [-0.1, -0.05) is 42.5 Å². The molecule has 0 radical (unpaired) electrons. The van der Waals surface area contributed by atoms with E-state index in [1.54, 1.807) is 17.0 Å². The van der Waals surface area contributed by atoms with Crippen LogP contribution in [-0.2, 0) is 27.1 Å². The van der Waals surface area contributed by atoms with Gasteiger partial charge in [0.05, 0.1) is 18.8 Å². The number of likely N-dealkylation sites (N-methyl/N-ethyl adjacent to an activating group) is 1. The molecule has 1 saturated heterocycles. The first-order chi connectivity index (χ1) is 19.9. The predicted molar refractivity (Wildman–Crippen MR) is 153 cm³/mol. The molecule has 214 valence electrons. The molecule has 41 heavy (non-hydrogen) atoms. The van der Waals surface area contributed by atoms with Gasteiger partial charge in [0.15, 0.2) is 0 Å². The number of fused-ring (bicyclic) bond motifs is 1. The fraction of sp³-hybridized carbons (Fsp3) is 0.367. The molecule has 2 aromatic carbocycles. The van der Waals surface area contributed by atoms with Gasteiger partial charge in [0, 0.05) is 37.6 Å². The molecule has 1 fully saturated rings. The van der Waals surface area contributed by atoms with Gasteiger partial charge in [-0.05, 0) is 55.0 Å². The first-order valence-corrected chi connectivity index (χ1v) is 13.7. The number of benzene rings is 2. The lowest BCUT2D eigenvalue weighted by Gasteiger charge is -2.33. The SMILES string of the molecule is CCN(C(=O)C(C#N)=Cc1cccc(CCOC(=O)N[C@@H](Cc2coc3ccccc23)B(O)O)c1)C1CCOCC1. The van der Waals surface area contributed by atoms with Crippen LogP contribution in [0.5, 0.6) is 0 Å². The van der Waals surface area contributed by atoms with Gasteiger partial charge in [-0.3, -0.25) is 4.79 Å². The highest BCUT2D eigenvalue weighted by Gasteiger charge is 2.28. The van der Waals surface area contributed by atoms with E-state index < -0.39 is 19.2 Å². The van der Waals surface area contributed by atoms with Crippen molar-refractivity contribution in [3.05, 3.63) is 77.1 Å². The van der Waals surface area contributed by atoms with Crippen LogP contribution >= 0.6 is 0 Å². The van der Waals surface area contributed by atoms with Crippen molar-refractivity contribution < 1.29 is 33.5 Å². The number of nitrogens with one attached hydrogen (secondary N) is 1. The predicted octanol–water partition coefficient (Wildman–Crippen LogP) is 3.26. The molecule has 0 saturated carbocycles. The van der Waals surface area contributed by atoms with Gasteiger partial charge in [-0.2, -0.15) is 5.26 Å². The average Bonchev–Trinajstić information content (AvgIpc) is 3.39. The van der Waals surface area contributed by atoms with Crippen molar-refractivity contribution in [1.29, 1.82) is 5.26 Å². The highest BCUT2D eigenvalue weighted by atomic mass is 16.5. The molecule has 1 aromatic heterocycles. The Morgan fingerprint density at radius 2 is 2.00 bits per heavy atom. The third kappa shape index (κ3) is 7.98. The Balaban J connectivity index is 1.32. The van der Waals surface area contributed by atoms with Gasteiger partial charge >= 0.3 is 13.2 Å². The second kappa shape index (κ2) is 14.5. The van der Waals surface area contributed by atoms with E-state index in [1.165, 1.54) is 6.26 Å². The van der Waals surface area contributed by atoms with E-state index in [4.69, 9.17) is 13.9 Å². The summed E-state index contributed by atoms with van der Waals surface area (Å²) in [5.41, 5.74) is 2.99. The van der Waals surface area contributed by atoms with E-state index in [0.29, 0.717) is 37.3 Å². The van der Waals surface area contributed by atoms with Crippen LogP contribution in [0.4, 0.5) is 4.79 Å². The number of amides is 2. The number of ether oxygens (including phenoxy) is 2. The normalized spacial score (nSPS) is 14.7. The molecule has 0 unspecified atom stereocenters. The summed E-state index contributed by atoms with van der Waals surface area (Å²) in [7, 11) is -1.80. The number of nitriles is 1. The molecule has 11 heteroatoms. The second-order valence-corrected chi connectivity index (χ2v) is 9.86. The summed E-state index contributed by atoms with van der Waals surface area (Å²) in [5.74, 6) is -1.29. The van der Waals surface area contributed by atoms with E-state index in [9.17, 15) is 24.9 Å². The van der Waals surface area contributed by atoms with Crippen LogP contribution in [0.15, 0.2) is 64.8 Å². The van der Waals surface area contributed by atoms with Crippen LogP contribution in [0.2, 0.25) is 0 Å². The van der Waals surface area contributed by atoms with Crippen molar-refractivity contribution in [2.24, 2.45) is 0 Å². The lowest BCUT2D eigenvalue weighted by atomic mass is 9.76. The molecular formula is C30H34BN3O7. The van der Waals surface area contributed by atoms with Crippen molar-refractivity contribution in [3.8, 4) is 6.07 Å². The largest absolute Gasteiger partial charge is 0.475 e. The zero-order valence-electron chi connectivity index (χ0n) is 23.0. The van der Waals surface area contributed by atoms with Crippen LogP contribution in [-0.4, -0.2) is 72.4 Å². The molecule has 4 rings (SSSR count). The minimum Gasteiger partial charge on any atom is -0.464 e. The van der Waals surface area contributed by atoms with E-state index in [0.717, 1.165) is 29.4 Å². The van der Waals surface area contributed by atoms with E-state index in [2.05, 4.69) is 5.32 Å². The number of hydrogen-bond donors (Lipinski definition) is 3. The number of nitrogens with zero attached hydrogens (tertiary/aromatic N) is 2. The zero-order chi connectivity index (χ0) is 29.2. The van der Waals surface area contributed by atoms with E-state index in [1.807, 2.05) is 55.5 Å². The molecule has 2 heterocycles. The monoisotopic (exact) mass is 559 g/mol. The second-order valence-electron chi connectivity index (χ2n) is 9.86. The Labute approximate surface area is 239 Å².